The average molecular weight is 383 g/mol. The molecule has 6 heteroatoms. The van der Waals surface area contributed by atoms with E-state index in [9.17, 15) is 4.79 Å². The number of nitrogens with one attached hydrogen (secondary N) is 1. The first-order valence-corrected chi connectivity index (χ1v) is 10.3. The van der Waals surface area contributed by atoms with Crippen molar-refractivity contribution in [1.29, 1.82) is 0 Å². The molecule has 6 nitrogen and oxygen atoms in total. The Labute approximate surface area is 167 Å². The lowest BCUT2D eigenvalue weighted by atomic mass is 9.94. The van der Waals surface area contributed by atoms with Crippen LogP contribution < -0.4 is 5.32 Å². The van der Waals surface area contributed by atoms with Gasteiger partial charge in [-0.05, 0) is 57.2 Å². The predicted molar refractivity (Wildman–Crippen MR) is 109 cm³/mol. The molecule has 4 rings (SSSR count). The fourth-order valence-electron chi connectivity index (χ4n) is 4.37. The fraction of sp³-hybridized carbons (Fsp3) is 0.545. The molecule has 2 heterocycles. The van der Waals surface area contributed by atoms with Crippen molar-refractivity contribution in [3.63, 3.8) is 0 Å². The van der Waals surface area contributed by atoms with Gasteiger partial charge < -0.3 is 19.5 Å². The summed E-state index contributed by atoms with van der Waals surface area (Å²) < 4.78 is 7.77. The van der Waals surface area contributed by atoms with E-state index in [1.807, 2.05) is 30.4 Å². The molecule has 1 saturated heterocycles. The second kappa shape index (κ2) is 8.45. The second-order valence-corrected chi connectivity index (χ2v) is 7.99. The summed E-state index contributed by atoms with van der Waals surface area (Å²) in [5.74, 6) is 0.826. The van der Waals surface area contributed by atoms with Crippen LogP contribution in [-0.2, 0) is 9.53 Å². The zero-order valence-electron chi connectivity index (χ0n) is 16.8. The number of ether oxygens (including phenoxy) is 1. The van der Waals surface area contributed by atoms with Crippen LogP contribution in [0.2, 0.25) is 0 Å². The summed E-state index contributed by atoms with van der Waals surface area (Å²) in [7, 11) is 1.71. The summed E-state index contributed by atoms with van der Waals surface area (Å²) in [6.45, 7) is 3.65. The number of hydrogen-bond donors (Lipinski definition) is 1. The van der Waals surface area contributed by atoms with Crippen molar-refractivity contribution in [2.75, 3.05) is 20.2 Å². The van der Waals surface area contributed by atoms with Crippen molar-refractivity contribution >= 4 is 5.91 Å². The van der Waals surface area contributed by atoms with Crippen molar-refractivity contribution in [3.8, 4) is 0 Å². The summed E-state index contributed by atoms with van der Waals surface area (Å²) in [6.07, 6.45) is 18.8. The number of imidazole rings is 1. The van der Waals surface area contributed by atoms with E-state index < -0.39 is 0 Å². The minimum absolute atomic E-state index is 0.0564. The van der Waals surface area contributed by atoms with Crippen LogP contribution in [0.3, 0.4) is 0 Å². The normalized spacial score (nSPS) is 30.1. The number of likely N-dealkylation sites (tertiary alicyclic amines) is 1. The fourth-order valence-corrected chi connectivity index (χ4v) is 4.37. The topological polar surface area (TPSA) is 59.4 Å². The summed E-state index contributed by atoms with van der Waals surface area (Å²) in [5, 5.41) is 3.51. The van der Waals surface area contributed by atoms with Gasteiger partial charge in [0.2, 0.25) is 5.91 Å². The lowest BCUT2D eigenvalue weighted by Gasteiger charge is -2.29. The number of carbonyl (C=O) groups is 1. The van der Waals surface area contributed by atoms with Crippen LogP contribution in [0.15, 0.2) is 48.6 Å². The molecule has 0 radical (unpaired) electrons. The third kappa shape index (κ3) is 3.98. The molecule has 2 aliphatic carbocycles. The van der Waals surface area contributed by atoms with Gasteiger partial charge in [0.15, 0.2) is 0 Å². The third-order valence-corrected chi connectivity index (χ3v) is 6.03. The van der Waals surface area contributed by atoms with Gasteiger partial charge in [0.05, 0.1) is 24.1 Å². The molecule has 4 atom stereocenters. The van der Waals surface area contributed by atoms with Gasteiger partial charge in [-0.1, -0.05) is 18.2 Å². The van der Waals surface area contributed by atoms with Crippen LogP contribution in [0.5, 0.6) is 0 Å². The molecule has 1 fully saturated rings. The molecule has 4 unspecified atom stereocenters. The van der Waals surface area contributed by atoms with Gasteiger partial charge in [-0.3, -0.25) is 4.79 Å². The lowest BCUT2D eigenvalue weighted by Crippen LogP contribution is -2.40. The lowest BCUT2D eigenvalue weighted by molar-refractivity contribution is -0.127. The van der Waals surface area contributed by atoms with Crippen LogP contribution in [0, 0.1) is 12.8 Å². The number of amides is 1. The highest BCUT2D eigenvalue weighted by atomic mass is 16.5. The number of nitrogens with zero attached hydrogens (tertiary/aromatic N) is 3. The van der Waals surface area contributed by atoms with Crippen molar-refractivity contribution in [2.45, 2.75) is 50.8 Å². The highest BCUT2D eigenvalue weighted by Gasteiger charge is 2.35. The molecule has 0 aromatic carbocycles. The Hall–Kier alpha value is -2.18. The number of hydrogen-bond acceptors (Lipinski definition) is 4. The third-order valence-electron chi connectivity index (χ3n) is 6.03. The van der Waals surface area contributed by atoms with E-state index in [0.717, 1.165) is 43.7 Å². The van der Waals surface area contributed by atoms with Crippen molar-refractivity contribution in [3.05, 3.63) is 54.3 Å². The molecule has 1 N–H and O–H groups in total. The second-order valence-electron chi connectivity index (χ2n) is 7.99. The number of carbonyl (C=O) groups excluding carboxylic acids is 1. The first-order valence-electron chi connectivity index (χ1n) is 10.3. The molecule has 0 spiro atoms. The zero-order chi connectivity index (χ0) is 19.5. The molecule has 1 amide bonds. The Morgan fingerprint density at radius 1 is 1.32 bits per heavy atom. The van der Waals surface area contributed by atoms with Crippen molar-refractivity contribution < 1.29 is 9.53 Å². The highest BCUT2D eigenvalue weighted by molar-refractivity contribution is 5.86. The van der Waals surface area contributed by atoms with Crippen LogP contribution in [0.25, 0.3) is 0 Å². The molecule has 3 aliphatic rings. The van der Waals surface area contributed by atoms with Gasteiger partial charge in [0, 0.05) is 25.5 Å². The standard InChI is InChI=1S/C22H30N4O2/c1-16-14-25(15-24-16)20-9-8-18(12-21(20)28-2)26-11-10-19(22(26)27)23-13-17-6-4-3-5-7-17/h3-4,8-9,12,14-15,17,19-21,23H,5-7,10-11,13H2,1-2H3. The van der Waals surface area contributed by atoms with Crippen LogP contribution in [0.4, 0.5) is 0 Å². The summed E-state index contributed by atoms with van der Waals surface area (Å²) >= 11 is 0. The van der Waals surface area contributed by atoms with Gasteiger partial charge in [-0.15, -0.1) is 0 Å². The van der Waals surface area contributed by atoms with E-state index in [0.29, 0.717) is 5.92 Å². The van der Waals surface area contributed by atoms with Crippen molar-refractivity contribution in [1.82, 2.24) is 19.8 Å². The Morgan fingerprint density at radius 2 is 2.21 bits per heavy atom. The maximum atomic E-state index is 12.9. The Kier molecular flexibility index (Phi) is 5.78. The Bertz CT molecular complexity index is 794. The highest BCUT2D eigenvalue weighted by Crippen LogP contribution is 2.28. The average Bonchev–Trinajstić information content (AvgIpc) is 3.32. The molecular formula is C22H30N4O2. The van der Waals surface area contributed by atoms with Gasteiger partial charge in [0.25, 0.3) is 0 Å². The first-order chi connectivity index (χ1) is 13.7. The molecule has 0 saturated carbocycles. The van der Waals surface area contributed by atoms with E-state index in [1.54, 1.807) is 7.11 Å². The summed E-state index contributed by atoms with van der Waals surface area (Å²) in [6, 6.07) is -0.0174. The molecule has 150 valence electrons. The Balaban J connectivity index is 1.39. The maximum Gasteiger partial charge on any atom is 0.244 e. The van der Waals surface area contributed by atoms with Crippen LogP contribution >= 0.6 is 0 Å². The van der Waals surface area contributed by atoms with E-state index in [-0.39, 0.29) is 24.1 Å². The van der Waals surface area contributed by atoms with E-state index in [2.05, 4.69) is 39.2 Å². The molecule has 1 aromatic heterocycles. The van der Waals surface area contributed by atoms with Gasteiger partial charge in [0.1, 0.15) is 6.10 Å². The molecule has 1 aliphatic heterocycles. The summed E-state index contributed by atoms with van der Waals surface area (Å²) in [5.41, 5.74) is 1.92. The monoisotopic (exact) mass is 382 g/mol. The van der Waals surface area contributed by atoms with Gasteiger partial charge in [-0.2, -0.15) is 0 Å². The molecule has 1 aromatic rings. The van der Waals surface area contributed by atoms with Crippen LogP contribution in [0.1, 0.15) is 37.4 Å². The van der Waals surface area contributed by atoms with E-state index >= 15 is 0 Å². The smallest absolute Gasteiger partial charge is 0.244 e. The van der Waals surface area contributed by atoms with Gasteiger partial charge in [-0.25, -0.2) is 4.98 Å². The molecule has 0 bridgehead atoms. The largest absolute Gasteiger partial charge is 0.375 e. The minimum Gasteiger partial charge on any atom is -0.375 e. The van der Waals surface area contributed by atoms with Crippen LogP contribution in [-0.4, -0.2) is 52.7 Å². The summed E-state index contributed by atoms with van der Waals surface area (Å²) in [4.78, 5) is 19.2. The van der Waals surface area contributed by atoms with E-state index in [4.69, 9.17) is 4.74 Å². The number of methoxy groups -OCH3 is 1. The zero-order valence-corrected chi connectivity index (χ0v) is 16.8. The minimum atomic E-state index is -0.123. The first kappa shape index (κ1) is 19.2. The van der Waals surface area contributed by atoms with E-state index in [1.165, 1.54) is 6.42 Å². The van der Waals surface area contributed by atoms with Gasteiger partial charge >= 0.3 is 0 Å². The number of rotatable bonds is 6. The number of allylic oxidation sites excluding steroid dienone is 3. The Morgan fingerprint density at radius 3 is 2.93 bits per heavy atom. The number of aryl methyl sites for hydroxylation is 1. The SMILES string of the molecule is COC1C=C(N2CCC(NCC3CC=CCC3)C2=O)C=CC1n1cnc(C)c1. The number of aromatic nitrogens is 2. The maximum absolute atomic E-state index is 12.9. The predicted octanol–water partition coefficient (Wildman–Crippen LogP) is 2.75. The quantitative estimate of drug-likeness (QED) is 0.769. The molecule has 28 heavy (non-hydrogen) atoms. The molecular weight excluding hydrogens is 352 g/mol. The van der Waals surface area contributed by atoms with Crippen molar-refractivity contribution in [2.24, 2.45) is 5.92 Å².